The van der Waals surface area contributed by atoms with E-state index in [-0.39, 0.29) is 10.1 Å². The van der Waals surface area contributed by atoms with Crippen LogP contribution in [0.15, 0.2) is 44.4 Å². The summed E-state index contributed by atoms with van der Waals surface area (Å²) in [4.78, 5) is 12.5. The van der Waals surface area contributed by atoms with Gasteiger partial charge in [0.15, 0.2) is 0 Å². The fourth-order valence-electron chi connectivity index (χ4n) is 2.86. The van der Waals surface area contributed by atoms with Gasteiger partial charge in [-0.05, 0) is 65.0 Å². The average molecular weight is 473 g/mol. The molecule has 1 aliphatic carbocycles. The molecule has 1 aliphatic rings. The summed E-state index contributed by atoms with van der Waals surface area (Å²) >= 11 is 4.42. The van der Waals surface area contributed by atoms with E-state index in [2.05, 4.69) is 26.0 Å². The average Bonchev–Trinajstić information content (AvgIpc) is 3.33. The number of rotatable bonds is 9. The number of hydrogen-bond acceptors (Lipinski definition) is 5. The molecule has 1 saturated carbocycles. The summed E-state index contributed by atoms with van der Waals surface area (Å²) < 4.78 is 33.3. The fraction of sp³-hybridized carbons (Fsp3) is 0.389. The summed E-state index contributed by atoms with van der Waals surface area (Å²) in [6, 6.07) is 10.3. The van der Waals surface area contributed by atoms with Crippen LogP contribution in [0.5, 0.6) is 0 Å². The molecule has 27 heavy (non-hydrogen) atoms. The molecular formula is C18H21BrN2O4S2. The highest BCUT2D eigenvalue weighted by Gasteiger charge is 2.50. The number of nitrogens with one attached hydrogen (secondary N) is 2. The van der Waals surface area contributed by atoms with Crippen molar-refractivity contribution in [2.24, 2.45) is 0 Å². The molecule has 9 heteroatoms. The van der Waals surface area contributed by atoms with Crippen molar-refractivity contribution in [1.29, 1.82) is 0 Å². The number of sulfonamides is 1. The second-order valence-corrected chi connectivity index (χ2v) is 10.8. The first-order valence-corrected chi connectivity index (χ1v) is 11.6. The third-order valence-corrected chi connectivity index (χ3v) is 8.00. The molecule has 2 N–H and O–H groups in total. The molecule has 0 saturated heterocycles. The number of thiophene rings is 1. The number of benzene rings is 1. The summed E-state index contributed by atoms with van der Waals surface area (Å²) in [5, 5.41) is 2.96. The van der Waals surface area contributed by atoms with E-state index in [9.17, 15) is 13.2 Å². The predicted octanol–water partition coefficient (Wildman–Crippen LogP) is 3.50. The summed E-state index contributed by atoms with van der Waals surface area (Å²) in [5.41, 5.74) is 0.899. The van der Waals surface area contributed by atoms with Gasteiger partial charge in [0.2, 0.25) is 5.91 Å². The van der Waals surface area contributed by atoms with Crippen LogP contribution < -0.4 is 10.0 Å². The smallest absolute Gasteiger partial charge is 0.271 e. The summed E-state index contributed by atoms with van der Waals surface area (Å²) in [7, 11) is -1.98. The standard InChI is InChI=1S/C18H21BrN2O4S2/c1-25-12-2-11-20-17(22)18(9-10-18)13-3-5-14(6-4-13)21-27(23,24)16-8-7-15(19)26-16/h3-8,21H,2,9-12H2,1H3,(H,20,22). The highest BCUT2D eigenvalue weighted by molar-refractivity contribution is 9.11. The maximum atomic E-state index is 12.5. The number of amides is 1. The van der Waals surface area contributed by atoms with Crippen molar-refractivity contribution in [3.8, 4) is 0 Å². The molecule has 1 amide bonds. The first kappa shape index (κ1) is 20.3. The van der Waals surface area contributed by atoms with Crippen LogP contribution in [0.1, 0.15) is 24.8 Å². The van der Waals surface area contributed by atoms with E-state index in [0.717, 1.165) is 39.9 Å². The van der Waals surface area contributed by atoms with Crippen molar-refractivity contribution in [3.05, 3.63) is 45.7 Å². The van der Waals surface area contributed by atoms with Crippen LogP contribution in [-0.2, 0) is 25.0 Å². The molecule has 0 atom stereocenters. The number of ether oxygens (including phenoxy) is 1. The van der Waals surface area contributed by atoms with Crippen molar-refractivity contribution in [2.75, 3.05) is 25.0 Å². The maximum Gasteiger partial charge on any atom is 0.271 e. The lowest BCUT2D eigenvalue weighted by molar-refractivity contribution is -0.123. The van der Waals surface area contributed by atoms with E-state index < -0.39 is 15.4 Å². The van der Waals surface area contributed by atoms with Crippen molar-refractivity contribution >= 4 is 48.9 Å². The number of methoxy groups -OCH3 is 1. The van der Waals surface area contributed by atoms with Gasteiger partial charge in [-0.3, -0.25) is 9.52 Å². The van der Waals surface area contributed by atoms with Gasteiger partial charge < -0.3 is 10.1 Å². The summed E-state index contributed by atoms with van der Waals surface area (Å²) in [6.07, 6.45) is 2.38. The maximum absolute atomic E-state index is 12.5. The van der Waals surface area contributed by atoms with E-state index in [0.29, 0.717) is 18.8 Å². The third-order valence-electron chi connectivity index (χ3n) is 4.50. The minimum absolute atomic E-state index is 0.0235. The lowest BCUT2D eigenvalue weighted by atomic mass is 9.95. The Morgan fingerprint density at radius 1 is 1.22 bits per heavy atom. The Bertz CT molecular complexity index is 906. The lowest BCUT2D eigenvalue weighted by Gasteiger charge is -2.16. The third kappa shape index (κ3) is 4.71. The molecule has 0 spiro atoms. The van der Waals surface area contributed by atoms with Crippen LogP contribution in [0.4, 0.5) is 5.69 Å². The molecule has 2 aromatic rings. The Morgan fingerprint density at radius 2 is 1.93 bits per heavy atom. The predicted molar refractivity (Wildman–Crippen MR) is 110 cm³/mol. The van der Waals surface area contributed by atoms with E-state index in [1.54, 1.807) is 31.4 Å². The van der Waals surface area contributed by atoms with Crippen molar-refractivity contribution < 1.29 is 17.9 Å². The molecule has 0 aliphatic heterocycles. The molecule has 3 rings (SSSR count). The molecule has 146 valence electrons. The zero-order valence-corrected chi connectivity index (χ0v) is 18.0. The molecule has 0 radical (unpaired) electrons. The SMILES string of the molecule is COCCCNC(=O)C1(c2ccc(NS(=O)(=O)c3ccc(Br)s3)cc2)CC1. The summed E-state index contributed by atoms with van der Waals surface area (Å²) in [6.45, 7) is 1.20. The zero-order valence-electron chi connectivity index (χ0n) is 14.8. The molecule has 1 aromatic heterocycles. The van der Waals surface area contributed by atoms with Gasteiger partial charge in [0.25, 0.3) is 10.0 Å². The van der Waals surface area contributed by atoms with Gasteiger partial charge in [0, 0.05) is 25.9 Å². The lowest BCUT2D eigenvalue weighted by Crippen LogP contribution is -2.35. The molecule has 0 bridgehead atoms. The molecule has 0 unspecified atom stereocenters. The van der Waals surface area contributed by atoms with Crippen LogP contribution >= 0.6 is 27.3 Å². The van der Waals surface area contributed by atoms with Crippen LogP contribution in [-0.4, -0.2) is 34.6 Å². The highest BCUT2D eigenvalue weighted by atomic mass is 79.9. The summed E-state index contributed by atoms with van der Waals surface area (Å²) in [5.74, 6) is 0.0235. The molecule has 1 aromatic carbocycles. The Hall–Kier alpha value is -1.42. The fourth-order valence-corrected chi connectivity index (χ4v) is 5.93. The topological polar surface area (TPSA) is 84.5 Å². The molecule has 1 fully saturated rings. The van der Waals surface area contributed by atoms with Gasteiger partial charge in [0.1, 0.15) is 4.21 Å². The first-order valence-electron chi connectivity index (χ1n) is 8.53. The minimum Gasteiger partial charge on any atom is -0.385 e. The largest absolute Gasteiger partial charge is 0.385 e. The Morgan fingerprint density at radius 3 is 2.48 bits per heavy atom. The van der Waals surface area contributed by atoms with Crippen molar-refractivity contribution in [2.45, 2.75) is 28.9 Å². The van der Waals surface area contributed by atoms with E-state index in [1.807, 2.05) is 12.1 Å². The van der Waals surface area contributed by atoms with Crippen LogP contribution in [0, 0.1) is 0 Å². The first-order chi connectivity index (χ1) is 12.9. The Labute approximate surface area is 171 Å². The van der Waals surface area contributed by atoms with Gasteiger partial charge in [-0.1, -0.05) is 12.1 Å². The molecule has 6 nitrogen and oxygen atoms in total. The van der Waals surface area contributed by atoms with Crippen molar-refractivity contribution in [3.63, 3.8) is 0 Å². The normalized spacial score (nSPS) is 15.3. The second kappa shape index (κ2) is 8.30. The van der Waals surface area contributed by atoms with E-state index in [1.165, 1.54) is 0 Å². The quantitative estimate of drug-likeness (QED) is 0.546. The molecule has 1 heterocycles. The van der Waals surface area contributed by atoms with Crippen LogP contribution in [0.25, 0.3) is 0 Å². The van der Waals surface area contributed by atoms with E-state index in [4.69, 9.17) is 4.74 Å². The number of halogens is 1. The molecular weight excluding hydrogens is 452 g/mol. The van der Waals surface area contributed by atoms with Gasteiger partial charge in [-0.25, -0.2) is 8.42 Å². The zero-order chi connectivity index (χ0) is 19.5. The van der Waals surface area contributed by atoms with E-state index >= 15 is 0 Å². The van der Waals surface area contributed by atoms with Crippen LogP contribution in [0.3, 0.4) is 0 Å². The number of anilines is 1. The Kier molecular flexibility index (Phi) is 6.25. The number of carbonyl (C=O) groups excluding carboxylic acids is 1. The van der Waals surface area contributed by atoms with Gasteiger partial charge in [-0.2, -0.15) is 0 Å². The van der Waals surface area contributed by atoms with Crippen LogP contribution in [0.2, 0.25) is 0 Å². The minimum atomic E-state index is -3.61. The number of hydrogen-bond donors (Lipinski definition) is 2. The van der Waals surface area contributed by atoms with Gasteiger partial charge in [-0.15, -0.1) is 11.3 Å². The van der Waals surface area contributed by atoms with Gasteiger partial charge in [0.05, 0.1) is 9.20 Å². The Balaban J connectivity index is 1.66. The van der Waals surface area contributed by atoms with Gasteiger partial charge >= 0.3 is 0 Å². The van der Waals surface area contributed by atoms with Crippen molar-refractivity contribution in [1.82, 2.24) is 5.32 Å². The second-order valence-electron chi connectivity index (χ2n) is 6.43. The monoisotopic (exact) mass is 472 g/mol. The number of carbonyl (C=O) groups is 1. The highest BCUT2D eigenvalue weighted by Crippen LogP contribution is 2.48.